The number of nitrogens with one attached hydrogen (secondary N) is 1. The van der Waals surface area contributed by atoms with Crippen LogP contribution in [0.1, 0.15) is 31.7 Å². The van der Waals surface area contributed by atoms with Crippen LogP contribution in [0, 0.1) is 5.92 Å². The Morgan fingerprint density at radius 1 is 1.14 bits per heavy atom. The average molecular weight is 390 g/mol. The lowest BCUT2D eigenvalue weighted by molar-refractivity contribution is -0.118. The molecule has 4 heteroatoms. The molecule has 2 aromatic carbocycles. The van der Waals surface area contributed by atoms with Crippen LogP contribution < -0.4 is 4.90 Å². The highest BCUT2D eigenvalue weighted by molar-refractivity contribution is 5.93. The van der Waals surface area contributed by atoms with E-state index in [1.165, 1.54) is 29.3 Å². The van der Waals surface area contributed by atoms with Crippen LogP contribution in [-0.2, 0) is 11.2 Å². The molecule has 4 nitrogen and oxygen atoms in total. The van der Waals surface area contributed by atoms with Gasteiger partial charge in [0.2, 0.25) is 5.91 Å². The molecule has 0 aliphatic carbocycles. The number of anilines is 1. The number of piperidine rings is 1. The molecular formula is C25H31N3O. The number of likely N-dealkylation sites (tertiary alicyclic amines) is 1. The molecule has 1 atom stereocenters. The van der Waals surface area contributed by atoms with Gasteiger partial charge in [-0.05, 0) is 55.5 Å². The second-order valence-electron chi connectivity index (χ2n) is 8.11. The van der Waals surface area contributed by atoms with E-state index in [1.54, 1.807) is 0 Å². The maximum Gasteiger partial charge on any atom is 0.226 e. The van der Waals surface area contributed by atoms with Crippen molar-refractivity contribution in [2.75, 3.05) is 31.1 Å². The summed E-state index contributed by atoms with van der Waals surface area (Å²) in [4.78, 5) is 20.5. The van der Waals surface area contributed by atoms with Gasteiger partial charge < -0.3 is 14.8 Å². The summed E-state index contributed by atoms with van der Waals surface area (Å²) in [5, 5.41) is 1.34. The molecule has 1 saturated heterocycles. The zero-order chi connectivity index (χ0) is 20.1. The number of hydrogen-bond acceptors (Lipinski definition) is 2. The van der Waals surface area contributed by atoms with Crippen LogP contribution in [0.2, 0.25) is 0 Å². The number of rotatable bonds is 7. The van der Waals surface area contributed by atoms with E-state index in [4.69, 9.17) is 0 Å². The molecule has 1 aliphatic rings. The van der Waals surface area contributed by atoms with Crippen LogP contribution in [0.25, 0.3) is 10.9 Å². The number of amides is 1. The van der Waals surface area contributed by atoms with Crippen molar-refractivity contribution in [1.82, 2.24) is 9.88 Å². The molecule has 0 bridgehead atoms. The van der Waals surface area contributed by atoms with Crippen LogP contribution >= 0.6 is 0 Å². The van der Waals surface area contributed by atoms with E-state index in [-0.39, 0.29) is 5.91 Å². The van der Waals surface area contributed by atoms with Crippen molar-refractivity contribution in [2.24, 2.45) is 5.92 Å². The Labute approximate surface area is 173 Å². The molecule has 2 heterocycles. The van der Waals surface area contributed by atoms with Crippen molar-refractivity contribution in [3.8, 4) is 0 Å². The Bertz CT molecular complexity index is 933. The van der Waals surface area contributed by atoms with Gasteiger partial charge in [0, 0.05) is 48.8 Å². The zero-order valence-electron chi connectivity index (χ0n) is 17.3. The lowest BCUT2D eigenvalue weighted by atomic mass is 9.96. The maximum absolute atomic E-state index is 12.6. The molecule has 152 valence electrons. The minimum Gasteiger partial charge on any atom is -0.361 e. The normalized spacial score (nSPS) is 17.5. The number of benzene rings is 2. The molecule has 4 rings (SSSR count). The first-order valence-corrected chi connectivity index (χ1v) is 10.9. The Morgan fingerprint density at radius 2 is 1.93 bits per heavy atom. The minimum absolute atomic E-state index is 0.215. The van der Waals surface area contributed by atoms with Gasteiger partial charge in [-0.25, -0.2) is 0 Å². The number of hydrogen-bond donors (Lipinski definition) is 1. The van der Waals surface area contributed by atoms with Gasteiger partial charge in [0.05, 0.1) is 0 Å². The van der Waals surface area contributed by atoms with Crippen LogP contribution in [-0.4, -0.2) is 42.0 Å². The second-order valence-corrected chi connectivity index (χ2v) is 8.11. The first-order chi connectivity index (χ1) is 14.2. The summed E-state index contributed by atoms with van der Waals surface area (Å²) in [5.41, 5.74) is 3.64. The summed E-state index contributed by atoms with van der Waals surface area (Å²) >= 11 is 0. The molecule has 0 radical (unpaired) electrons. The van der Waals surface area contributed by atoms with Gasteiger partial charge in [-0.2, -0.15) is 0 Å². The summed E-state index contributed by atoms with van der Waals surface area (Å²) in [6, 6.07) is 18.7. The largest absolute Gasteiger partial charge is 0.361 e. The fourth-order valence-corrected chi connectivity index (χ4v) is 4.53. The van der Waals surface area contributed by atoms with Crippen molar-refractivity contribution in [1.29, 1.82) is 0 Å². The molecule has 1 aliphatic heterocycles. The third-order valence-corrected chi connectivity index (χ3v) is 6.09. The minimum atomic E-state index is 0.215. The van der Waals surface area contributed by atoms with E-state index in [9.17, 15) is 4.79 Å². The van der Waals surface area contributed by atoms with Crippen molar-refractivity contribution >= 4 is 22.5 Å². The molecule has 29 heavy (non-hydrogen) atoms. The van der Waals surface area contributed by atoms with E-state index in [0.717, 1.165) is 38.3 Å². The van der Waals surface area contributed by atoms with Gasteiger partial charge in [0.15, 0.2) is 0 Å². The van der Waals surface area contributed by atoms with E-state index in [0.29, 0.717) is 12.3 Å². The Hall–Kier alpha value is -2.59. The van der Waals surface area contributed by atoms with Crippen molar-refractivity contribution in [2.45, 2.75) is 32.6 Å². The van der Waals surface area contributed by atoms with Gasteiger partial charge in [-0.3, -0.25) is 4.79 Å². The number of H-pyrrole nitrogens is 1. The van der Waals surface area contributed by atoms with Crippen LogP contribution in [0.15, 0.2) is 60.8 Å². The molecule has 3 aromatic rings. The first-order valence-electron chi connectivity index (χ1n) is 10.9. The van der Waals surface area contributed by atoms with Crippen molar-refractivity contribution < 1.29 is 4.79 Å². The number of para-hydroxylation sites is 2. The van der Waals surface area contributed by atoms with Gasteiger partial charge in [-0.15, -0.1) is 0 Å². The van der Waals surface area contributed by atoms with E-state index >= 15 is 0 Å². The molecule has 0 spiro atoms. The lowest BCUT2D eigenvalue weighted by Gasteiger charge is -2.35. The highest BCUT2D eigenvalue weighted by atomic mass is 16.2. The number of fused-ring (bicyclic) bond motifs is 1. The summed E-state index contributed by atoms with van der Waals surface area (Å²) in [7, 11) is 0. The molecule has 1 aromatic heterocycles. The average Bonchev–Trinajstić information content (AvgIpc) is 3.19. The Morgan fingerprint density at radius 3 is 2.76 bits per heavy atom. The summed E-state index contributed by atoms with van der Waals surface area (Å²) < 4.78 is 0. The van der Waals surface area contributed by atoms with Crippen molar-refractivity contribution in [3.05, 3.63) is 66.4 Å². The summed E-state index contributed by atoms with van der Waals surface area (Å²) in [6.07, 6.45) is 6.17. The number of aromatic amines is 1. The Balaban J connectivity index is 1.38. The number of carbonyl (C=O) groups excluding carboxylic acids is 1. The highest BCUT2D eigenvalue weighted by Crippen LogP contribution is 2.23. The topological polar surface area (TPSA) is 39.3 Å². The predicted octanol–water partition coefficient (Wildman–Crippen LogP) is 4.87. The van der Waals surface area contributed by atoms with Crippen LogP contribution in [0.5, 0.6) is 0 Å². The SMILES string of the molecule is CCC(=O)N(CC1CCCN(CCc2c[nH]c3ccccc23)C1)c1ccccc1. The predicted molar refractivity (Wildman–Crippen MR) is 120 cm³/mol. The maximum atomic E-state index is 12.6. The standard InChI is InChI=1S/C25H31N3O/c1-2-25(29)28(22-10-4-3-5-11-22)19-20-9-8-15-27(18-20)16-14-21-17-26-24-13-7-6-12-23(21)24/h3-7,10-13,17,20,26H,2,8-9,14-16,18-19H2,1H3. The second kappa shape index (κ2) is 9.27. The van der Waals surface area contributed by atoms with Gasteiger partial charge >= 0.3 is 0 Å². The number of carbonyl (C=O) groups is 1. The highest BCUT2D eigenvalue weighted by Gasteiger charge is 2.24. The molecular weight excluding hydrogens is 358 g/mol. The van der Waals surface area contributed by atoms with Crippen LogP contribution in [0.3, 0.4) is 0 Å². The quantitative estimate of drug-likeness (QED) is 0.626. The zero-order valence-corrected chi connectivity index (χ0v) is 17.3. The van der Waals surface area contributed by atoms with Gasteiger partial charge in [-0.1, -0.05) is 43.3 Å². The Kier molecular flexibility index (Phi) is 6.30. The summed E-state index contributed by atoms with van der Waals surface area (Å²) in [5.74, 6) is 0.745. The number of aromatic nitrogens is 1. The van der Waals surface area contributed by atoms with Crippen LogP contribution in [0.4, 0.5) is 5.69 Å². The summed E-state index contributed by atoms with van der Waals surface area (Å²) in [6.45, 7) is 6.08. The smallest absolute Gasteiger partial charge is 0.226 e. The first kappa shape index (κ1) is 19.7. The molecule has 1 unspecified atom stereocenters. The van der Waals surface area contributed by atoms with E-state index in [2.05, 4.69) is 40.3 Å². The molecule has 0 saturated carbocycles. The lowest BCUT2D eigenvalue weighted by Crippen LogP contribution is -2.43. The van der Waals surface area contributed by atoms with Crippen molar-refractivity contribution in [3.63, 3.8) is 0 Å². The number of nitrogens with zero attached hydrogens (tertiary/aromatic N) is 2. The third kappa shape index (κ3) is 4.70. The van der Waals surface area contributed by atoms with Gasteiger partial charge in [0.1, 0.15) is 0 Å². The fraction of sp³-hybridized carbons (Fsp3) is 0.400. The van der Waals surface area contributed by atoms with Gasteiger partial charge in [0.25, 0.3) is 0 Å². The third-order valence-electron chi connectivity index (χ3n) is 6.09. The fourth-order valence-electron chi connectivity index (χ4n) is 4.53. The molecule has 1 N–H and O–H groups in total. The molecule has 1 fully saturated rings. The van der Waals surface area contributed by atoms with E-state index < -0.39 is 0 Å². The van der Waals surface area contributed by atoms with E-state index in [1.807, 2.05) is 42.2 Å². The molecule has 1 amide bonds. The monoisotopic (exact) mass is 389 g/mol.